The number of halogens is 2. The first-order valence-electron chi connectivity index (χ1n) is 2.27. The summed E-state index contributed by atoms with van der Waals surface area (Å²) in [5, 5.41) is 18.1. The van der Waals surface area contributed by atoms with Crippen molar-refractivity contribution in [3.8, 4) is 0 Å². The fourth-order valence-electron chi connectivity index (χ4n) is 0.276. The summed E-state index contributed by atoms with van der Waals surface area (Å²) in [5.74, 6) is -2.12. The topological polar surface area (TPSA) is 86.6 Å². The van der Waals surface area contributed by atoms with Crippen molar-refractivity contribution in [2.45, 2.75) is 0 Å². The number of hydrogen-bond acceptors (Lipinski definition) is 3. The first kappa shape index (κ1) is 16.8. The van der Waals surface area contributed by atoms with Crippen LogP contribution in [0, 0.1) is 0 Å². The van der Waals surface area contributed by atoms with Crippen molar-refractivity contribution in [2.24, 2.45) is 0 Å². The maximum absolute atomic E-state index is 9.73. The monoisotopic (exact) mass is 205 g/mol. The third kappa shape index (κ3) is 17.7. The third-order valence-electron chi connectivity index (χ3n) is 0.552. The molecule has 0 saturated carbocycles. The first-order chi connectivity index (χ1) is 4.13. The summed E-state index contributed by atoms with van der Waals surface area (Å²) in [5.41, 5.74) is 0. The second-order valence-electron chi connectivity index (χ2n) is 1.39. The highest BCUT2D eigenvalue weighted by Crippen LogP contribution is 1.61. The molecule has 0 aliphatic heterocycles. The van der Waals surface area contributed by atoms with Crippen LogP contribution in [-0.2, 0) is 9.59 Å². The largest absolute Gasteiger partial charge is 0.480 e. The van der Waals surface area contributed by atoms with E-state index in [1.54, 1.807) is 0 Å². The van der Waals surface area contributed by atoms with Gasteiger partial charge in [-0.15, -0.1) is 24.8 Å². The zero-order chi connectivity index (χ0) is 7.28. The average molecular weight is 206 g/mol. The number of hydrogen-bond donors (Lipinski definition) is 3. The molecule has 0 spiro atoms. The van der Waals surface area contributed by atoms with E-state index < -0.39 is 11.9 Å². The van der Waals surface area contributed by atoms with E-state index >= 15 is 0 Å². The molecule has 68 valence electrons. The van der Waals surface area contributed by atoms with Gasteiger partial charge in [0.25, 0.3) is 0 Å². The Balaban J connectivity index is -0.000000320. The molecule has 0 radical (unpaired) electrons. The SMILES string of the molecule is Cl.Cl.O=C(O)CNCC(=O)O. The molecule has 0 bridgehead atoms. The van der Waals surface area contributed by atoms with Crippen molar-refractivity contribution >= 4 is 36.8 Å². The zero-order valence-electron chi connectivity index (χ0n) is 5.44. The van der Waals surface area contributed by atoms with Gasteiger partial charge in [0, 0.05) is 0 Å². The van der Waals surface area contributed by atoms with Crippen LogP contribution in [0.5, 0.6) is 0 Å². The molecule has 0 aromatic carbocycles. The van der Waals surface area contributed by atoms with Crippen molar-refractivity contribution in [1.29, 1.82) is 0 Å². The molecular weight excluding hydrogens is 197 g/mol. The number of carbonyl (C=O) groups is 2. The van der Waals surface area contributed by atoms with E-state index in [1.807, 2.05) is 0 Å². The van der Waals surface area contributed by atoms with Crippen LogP contribution in [0.2, 0.25) is 0 Å². The molecule has 3 N–H and O–H groups in total. The van der Waals surface area contributed by atoms with Gasteiger partial charge in [0.2, 0.25) is 0 Å². The van der Waals surface area contributed by atoms with Crippen molar-refractivity contribution in [1.82, 2.24) is 5.32 Å². The van der Waals surface area contributed by atoms with Gasteiger partial charge >= 0.3 is 11.9 Å². The number of aliphatic carboxylic acids is 2. The highest BCUT2D eigenvalue weighted by Gasteiger charge is 1.97. The van der Waals surface area contributed by atoms with Crippen molar-refractivity contribution in [2.75, 3.05) is 13.1 Å². The van der Waals surface area contributed by atoms with Gasteiger partial charge in [0.15, 0.2) is 0 Å². The Morgan fingerprint density at radius 2 is 1.27 bits per heavy atom. The van der Waals surface area contributed by atoms with E-state index in [2.05, 4.69) is 5.32 Å². The fourth-order valence-corrected chi connectivity index (χ4v) is 0.276. The van der Waals surface area contributed by atoms with Gasteiger partial charge in [-0.3, -0.25) is 14.9 Å². The summed E-state index contributed by atoms with van der Waals surface area (Å²) < 4.78 is 0. The molecule has 0 amide bonds. The van der Waals surface area contributed by atoms with E-state index in [1.165, 1.54) is 0 Å². The predicted molar refractivity (Wildman–Crippen MR) is 42.6 cm³/mol. The Hall–Kier alpha value is -0.520. The number of rotatable bonds is 4. The van der Waals surface area contributed by atoms with E-state index in [0.717, 1.165) is 0 Å². The Morgan fingerprint density at radius 3 is 1.45 bits per heavy atom. The lowest BCUT2D eigenvalue weighted by atomic mass is 10.6. The average Bonchev–Trinajstić information content (AvgIpc) is 1.63. The first-order valence-corrected chi connectivity index (χ1v) is 2.27. The van der Waals surface area contributed by atoms with Gasteiger partial charge in [-0.25, -0.2) is 0 Å². The van der Waals surface area contributed by atoms with E-state index in [-0.39, 0.29) is 37.9 Å². The predicted octanol–water partition coefficient (Wildman–Crippen LogP) is -0.411. The molecule has 0 aromatic rings. The molecule has 0 fully saturated rings. The van der Waals surface area contributed by atoms with Crippen molar-refractivity contribution in [3.63, 3.8) is 0 Å². The normalized spacial score (nSPS) is 7.27. The second kappa shape index (κ2) is 9.48. The van der Waals surface area contributed by atoms with Gasteiger partial charge in [0.1, 0.15) is 0 Å². The van der Waals surface area contributed by atoms with Crippen LogP contribution in [0.1, 0.15) is 0 Å². The van der Waals surface area contributed by atoms with Crippen molar-refractivity contribution in [3.05, 3.63) is 0 Å². The molecule has 0 heterocycles. The highest BCUT2D eigenvalue weighted by molar-refractivity contribution is 5.85. The molecule has 0 aromatic heterocycles. The number of carboxylic acids is 2. The fraction of sp³-hybridized carbons (Fsp3) is 0.500. The number of carboxylic acid groups (broad SMARTS) is 2. The molecule has 0 aliphatic rings. The van der Waals surface area contributed by atoms with Crippen LogP contribution < -0.4 is 5.32 Å². The van der Waals surface area contributed by atoms with Crippen LogP contribution >= 0.6 is 24.8 Å². The minimum Gasteiger partial charge on any atom is -0.480 e. The quantitative estimate of drug-likeness (QED) is 0.581. The maximum Gasteiger partial charge on any atom is 0.317 e. The lowest BCUT2D eigenvalue weighted by Gasteiger charge is -1.93. The van der Waals surface area contributed by atoms with E-state index in [0.29, 0.717) is 0 Å². The van der Waals surface area contributed by atoms with Crippen LogP contribution in [0.3, 0.4) is 0 Å². The summed E-state index contributed by atoms with van der Waals surface area (Å²) in [6.07, 6.45) is 0. The summed E-state index contributed by atoms with van der Waals surface area (Å²) >= 11 is 0. The Labute approximate surface area is 75.6 Å². The smallest absolute Gasteiger partial charge is 0.317 e. The Kier molecular flexibility index (Phi) is 14.5. The van der Waals surface area contributed by atoms with Crippen LogP contribution in [-0.4, -0.2) is 35.2 Å². The molecule has 5 nitrogen and oxygen atoms in total. The molecule has 7 heteroatoms. The van der Waals surface area contributed by atoms with E-state index in [9.17, 15) is 9.59 Å². The van der Waals surface area contributed by atoms with Crippen LogP contribution in [0.4, 0.5) is 0 Å². The van der Waals surface area contributed by atoms with E-state index in [4.69, 9.17) is 10.2 Å². The van der Waals surface area contributed by atoms with Crippen molar-refractivity contribution < 1.29 is 19.8 Å². The molecule has 0 rings (SSSR count). The summed E-state index contributed by atoms with van der Waals surface area (Å²) in [6, 6.07) is 0. The Morgan fingerprint density at radius 1 is 1.00 bits per heavy atom. The maximum atomic E-state index is 9.73. The highest BCUT2D eigenvalue weighted by atomic mass is 35.5. The van der Waals surface area contributed by atoms with Gasteiger partial charge in [-0.1, -0.05) is 0 Å². The molecular formula is C4H9Cl2NO4. The summed E-state index contributed by atoms with van der Waals surface area (Å²) in [7, 11) is 0. The minimum absolute atomic E-state index is 0. The zero-order valence-corrected chi connectivity index (χ0v) is 7.07. The van der Waals surface area contributed by atoms with Gasteiger partial charge in [-0.2, -0.15) is 0 Å². The molecule has 0 saturated heterocycles. The second-order valence-corrected chi connectivity index (χ2v) is 1.39. The number of nitrogens with one attached hydrogen (secondary N) is 1. The van der Waals surface area contributed by atoms with Gasteiger partial charge in [0.05, 0.1) is 13.1 Å². The van der Waals surface area contributed by atoms with Crippen LogP contribution in [0.15, 0.2) is 0 Å². The summed E-state index contributed by atoms with van der Waals surface area (Å²) in [6.45, 7) is -0.626. The van der Waals surface area contributed by atoms with Gasteiger partial charge in [-0.05, 0) is 0 Å². The van der Waals surface area contributed by atoms with Gasteiger partial charge < -0.3 is 10.2 Å². The molecule has 0 aliphatic carbocycles. The molecule has 11 heavy (non-hydrogen) atoms. The standard InChI is InChI=1S/C4H7NO4.2ClH/c6-3(7)1-5-2-4(8)9;;/h5H,1-2H2,(H,6,7)(H,8,9);2*1H. The minimum atomic E-state index is -1.06. The lowest BCUT2D eigenvalue weighted by molar-refractivity contribution is -0.137. The third-order valence-corrected chi connectivity index (χ3v) is 0.552. The summed E-state index contributed by atoms with van der Waals surface area (Å²) in [4.78, 5) is 19.5. The van der Waals surface area contributed by atoms with Crippen LogP contribution in [0.25, 0.3) is 0 Å². The Bertz CT molecular complexity index is 115. The molecule has 0 atom stereocenters. The molecule has 0 unspecified atom stereocenters. The lowest BCUT2D eigenvalue weighted by Crippen LogP contribution is -2.27.